The van der Waals surface area contributed by atoms with E-state index in [0.29, 0.717) is 11.1 Å². The Morgan fingerprint density at radius 1 is 1.22 bits per heavy atom. The van der Waals surface area contributed by atoms with E-state index in [4.69, 9.17) is 10.9 Å². The van der Waals surface area contributed by atoms with Crippen LogP contribution in [0.3, 0.4) is 0 Å². The number of sulfonamides is 2. The quantitative estimate of drug-likeness (QED) is 0.164. The van der Waals surface area contributed by atoms with Crippen LogP contribution in [0.25, 0.3) is 17.0 Å². The van der Waals surface area contributed by atoms with Crippen LogP contribution >= 0.6 is 0 Å². The second-order valence-electron chi connectivity index (χ2n) is 8.60. The van der Waals surface area contributed by atoms with E-state index in [1.165, 1.54) is 30.4 Å². The Balaban J connectivity index is 1.75. The number of carbonyl (C=O) groups is 1. The molecule has 1 aliphatic carbocycles. The molecule has 9 N–H and O–H groups in total. The molecule has 2 heterocycles. The Hall–Kier alpha value is -3.06. The molecule has 1 aliphatic heterocycles. The predicted molar refractivity (Wildman–Crippen MR) is 132 cm³/mol. The molecular formula is C20H27N9O6S2. The number of amides is 1. The summed E-state index contributed by atoms with van der Waals surface area (Å²) < 4.78 is 51.2. The number of carbonyl (C=O) groups excluding carboxylic acids is 1. The number of primary sulfonamides is 1. The number of nitrogens with one attached hydrogen (secondary N) is 4. The highest BCUT2D eigenvalue weighted by Gasteiger charge is 2.49. The Kier molecular flexibility index (Phi) is 7.56. The number of hydrogen-bond donors (Lipinski definition) is 7. The number of aromatic nitrogens is 4. The molecule has 2 aromatic rings. The van der Waals surface area contributed by atoms with Gasteiger partial charge in [0.2, 0.25) is 31.8 Å². The van der Waals surface area contributed by atoms with Crippen molar-refractivity contribution in [1.29, 1.82) is 0 Å². The lowest BCUT2D eigenvalue weighted by Gasteiger charge is -2.32. The maximum absolute atomic E-state index is 13.3. The topological polar surface area (TPSA) is 248 Å². The lowest BCUT2D eigenvalue weighted by molar-refractivity contribution is -0.123. The molecule has 3 atom stereocenters. The molecule has 15 nitrogen and oxygen atoms in total. The fourth-order valence-electron chi connectivity index (χ4n) is 4.20. The molecular weight excluding hydrogens is 526 g/mol. The molecule has 2 aliphatic rings. The highest BCUT2D eigenvalue weighted by atomic mass is 32.2. The largest absolute Gasteiger partial charge is 0.390 e. The molecule has 0 spiro atoms. The summed E-state index contributed by atoms with van der Waals surface area (Å²) in [5, 5.41) is 34.8. The van der Waals surface area contributed by atoms with E-state index in [1.807, 2.05) is 0 Å². The van der Waals surface area contributed by atoms with Crippen molar-refractivity contribution in [3.05, 3.63) is 42.0 Å². The smallest absolute Gasteiger partial charge is 0.247 e. The van der Waals surface area contributed by atoms with Gasteiger partial charge in [-0.25, -0.2) is 26.7 Å². The van der Waals surface area contributed by atoms with Crippen molar-refractivity contribution in [1.82, 2.24) is 36.0 Å². The predicted octanol–water partition coefficient (Wildman–Crippen LogP) is -3.08. The van der Waals surface area contributed by atoms with Crippen molar-refractivity contribution in [3.63, 3.8) is 0 Å². The van der Waals surface area contributed by atoms with Crippen LogP contribution in [0, 0.1) is 0 Å². The normalized spacial score (nSPS) is 24.1. The van der Waals surface area contributed by atoms with E-state index in [9.17, 15) is 26.7 Å². The standard InChI is InChI=1S/C20H27N9O6S2/c21-6-7-24-36(32,33)13-3-4-14(15(8-13)18-26-28-29-27-18)12-2-1-5-20(9-12,37(22,34)35)19(31)25-16-10-23-11-17(16)30/h1-5,8,16-17,23-24,30H,6-7,9-11,21H2,(H,25,31)(H2,22,34,35)(H,26,27,28,29)/t16-,17-,20?/m1/s1. The number of aromatic amines is 1. The van der Waals surface area contributed by atoms with Crippen LogP contribution in [0.1, 0.15) is 12.0 Å². The van der Waals surface area contributed by atoms with Gasteiger partial charge in [-0.15, -0.1) is 10.2 Å². The van der Waals surface area contributed by atoms with Gasteiger partial charge in [0.15, 0.2) is 4.75 Å². The third-order valence-corrected chi connectivity index (χ3v) is 9.12. The van der Waals surface area contributed by atoms with Gasteiger partial charge in [0, 0.05) is 38.2 Å². The number of rotatable bonds is 9. The maximum Gasteiger partial charge on any atom is 0.247 e. The lowest BCUT2D eigenvalue weighted by atomic mass is 9.86. The average molecular weight is 554 g/mol. The van der Waals surface area contributed by atoms with Crippen molar-refractivity contribution in [3.8, 4) is 11.4 Å². The minimum atomic E-state index is -4.50. The van der Waals surface area contributed by atoms with Gasteiger partial charge in [-0.05, 0) is 28.5 Å². The third kappa shape index (κ3) is 5.33. The minimum Gasteiger partial charge on any atom is -0.390 e. The van der Waals surface area contributed by atoms with Crippen LogP contribution in [0.2, 0.25) is 0 Å². The molecule has 1 unspecified atom stereocenters. The average Bonchev–Trinajstić information content (AvgIpc) is 3.54. The number of benzene rings is 1. The van der Waals surface area contributed by atoms with Crippen molar-refractivity contribution in [2.75, 3.05) is 26.2 Å². The molecule has 200 valence electrons. The molecule has 0 radical (unpaired) electrons. The number of aliphatic hydroxyl groups excluding tert-OH is 1. The van der Waals surface area contributed by atoms with Crippen LogP contribution in [0.5, 0.6) is 0 Å². The highest BCUT2D eigenvalue weighted by Crippen LogP contribution is 2.39. The first kappa shape index (κ1) is 27.0. The molecule has 0 bridgehead atoms. The number of tetrazole rings is 1. The van der Waals surface area contributed by atoms with Crippen LogP contribution in [0.4, 0.5) is 0 Å². The van der Waals surface area contributed by atoms with Crippen molar-refractivity contribution in [2.24, 2.45) is 10.9 Å². The molecule has 1 saturated heterocycles. The Morgan fingerprint density at radius 3 is 2.62 bits per heavy atom. The second kappa shape index (κ2) is 10.4. The van der Waals surface area contributed by atoms with Crippen molar-refractivity contribution < 1.29 is 26.7 Å². The molecule has 37 heavy (non-hydrogen) atoms. The fourth-order valence-corrected chi connectivity index (χ4v) is 6.21. The summed E-state index contributed by atoms with van der Waals surface area (Å²) in [5.74, 6) is -0.844. The molecule has 4 rings (SSSR count). The van der Waals surface area contributed by atoms with Crippen LogP contribution in [-0.2, 0) is 24.8 Å². The summed E-state index contributed by atoms with van der Waals surface area (Å²) in [5.41, 5.74) is 6.36. The SMILES string of the molecule is NCCNS(=O)(=O)c1ccc(C2=CC=CC(C(=O)N[C@@H]3CNC[C@H]3O)(S(N)(=O)=O)C2)c(-c2nn[nH]n2)c1. The monoisotopic (exact) mass is 553 g/mol. The first-order valence-corrected chi connectivity index (χ1v) is 14.2. The summed E-state index contributed by atoms with van der Waals surface area (Å²) in [4.78, 5) is 13.2. The molecule has 1 aromatic carbocycles. The number of β-amino-alcohol motifs (C(OH)–C–C–N with tert-alkyl or cyclic N) is 1. The van der Waals surface area contributed by atoms with Crippen LogP contribution in [0.15, 0.2) is 41.3 Å². The van der Waals surface area contributed by atoms with E-state index in [0.717, 1.165) is 0 Å². The second-order valence-corrected chi connectivity index (χ2v) is 12.2. The summed E-state index contributed by atoms with van der Waals surface area (Å²) in [6, 6.07) is 3.41. The Morgan fingerprint density at radius 2 is 2.00 bits per heavy atom. The molecule has 1 aromatic heterocycles. The molecule has 0 saturated carbocycles. The van der Waals surface area contributed by atoms with Gasteiger partial charge in [-0.1, -0.05) is 24.3 Å². The number of nitrogens with zero attached hydrogens (tertiary/aromatic N) is 3. The summed E-state index contributed by atoms with van der Waals surface area (Å²) in [6.07, 6.45) is 2.91. The van der Waals surface area contributed by atoms with Gasteiger partial charge in [0.1, 0.15) is 0 Å². The number of aliphatic hydroxyl groups is 1. The summed E-state index contributed by atoms with van der Waals surface area (Å²) in [7, 11) is -8.43. The third-order valence-electron chi connectivity index (χ3n) is 6.18. The zero-order valence-corrected chi connectivity index (χ0v) is 21.1. The molecule has 1 fully saturated rings. The van der Waals surface area contributed by atoms with E-state index >= 15 is 0 Å². The highest BCUT2D eigenvalue weighted by molar-refractivity contribution is 7.91. The lowest BCUT2D eigenvalue weighted by Crippen LogP contribution is -2.58. The van der Waals surface area contributed by atoms with Crippen molar-refractivity contribution in [2.45, 2.75) is 28.2 Å². The molecule has 1 amide bonds. The Labute approximate surface area is 212 Å². The van der Waals surface area contributed by atoms with Gasteiger partial charge < -0.3 is 21.5 Å². The number of H-pyrrole nitrogens is 1. The number of hydrogen-bond acceptors (Lipinski definition) is 11. The van der Waals surface area contributed by atoms with Gasteiger partial charge in [-0.2, -0.15) is 5.21 Å². The first-order valence-electron chi connectivity index (χ1n) is 11.2. The fraction of sp³-hybridized carbons (Fsp3) is 0.400. The maximum atomic E-state index is 13.3. The van der Waals surface area contributed by atoms with Gasteiger partial charge in [-0.3, -0.25) is 4.79 Å². The van der Waals surface area contributed by atoms with Crippen LogP contribution in [-0.4, -0.2) is 91.5 Å². The van der Waals surface area contributed by atoms with E-state index in [2.05, 4.69) is 36.0 Å². The Bertz CT molecular complexity index is 1440. The summed E-state index contributed by atoms with van der Waals surface area (Å²) in [6.45, 7) is 0.628. The summed E-state index contributed by atoms with van der Waals surface area (Å²) >= 11 is 0. The number of allylic oxidation sites excluding steroid dienone is 3. The van der Waals surface area contributed by atoms with E-state index < -0.39 is 42.8 Å². The van der Waals surface area contributed by atoms with Gasteiger partial charge in [0.05, 0.1) is 17.0 Å². The zero-order valence-electron chi connectivity index (χ0n) is 19.5. The van der Waals surface area contributed by atoms with Crippen molar-refractivity contribution >= 4 is 31.5 Å². The molecule has 17 heteroatoms. The van der Waals surface area contributed by atoms with Crippen LogP contribution < -0.4 is 26.2 Å². The number of nitrogens with two attached hydrogens (primary N) is 2. The zero-order chi connectivity index (χ0) is 26.8. The minimum absolute atomic E-state index is 0.0226. The van der Waals surface area contributed by atoms with Gasteiger partial charge >= 0.3 is 0 Å². The van der Waals surface area contributed by atoms with E-state index in [-0.39, 0.29) is 48.9 Å². The first-order chi connectivity index (χ1) is 17.5. The van der Waals surface area contributed by atoms with Gasteiger partial charge in [0.25, 0.3) is 0 Å². The van der Waals surface area contributed by atoms with E-state index in [1.54, 1.807) is 6.08 Å².